The fourth-order valence-electron chi connectivity index (χ4n) is 4.00. The molecular formula is C21H28ClN7O2. The smallest absolute Gasteiger partial charge is 0.342 e. The highest BCUT2D eigenvalue weighted by Crippen LogP contribution is 2.35. The first-order valence-corrected chi connectivity index (χ1v) is 10.8. The summed E-state index contributed by atoms with van der Waals surface area (Å²) in [5.41, 5.74) is 3.14. The molecule has 2 aliphatic rings. The Hall–Kier alpha value is -2.62. The molecule has 0 saturated carbocycles. The van der Waals surface area contributed by atoms with Crippen LogP contribution in [0.25, 0.3) is 0 Å². The Balaban J connectivity index is 1.51. The summed E-state index contributed by atoms with van der Waals surface area (Å²) in [6, 6.07) is 3.48. The highest BCUT2D eigenvalue weighted by molar-refractivity contribution is 6.33. The number of aromatic nitrogens is 2. The van der Waals surface area contributed by atoms with Crippen LogP contribution in [0.3, 0.4) is 0 Å². The van der Waals surface area contributed by atoms with Crippen LogP contribution in [0, 0.1) is 5.41 Å². The molecule has 2 aromatic rings. The molecule has 0 spiro atoms. The number of amides is 1. The number of carbonyl (C=O) groups is 1. The van der Waals surface area contributed by atoms with E-state index in [9.17, 15) is 4.79 Å². The van der Waals surface area contributed by atoms with Crippen LogP contribution in [0.2, 0.25) is 5.02 Å². The van der Waals surface area contributed by atoms with Gasteiger partial charge in [0.2, 0.25) is 0 Å². The van der Waals surface area contributed by atoms with Gasteiger partial charge in [0.1, 0.15) is 0 Å². The van der Waals surface area contributed by atoms with E-state index < -0.39 is 0 Å². The minimum absolute atomic E-state index is 0.150. The highest BCUT2D eigenvalue weighted by Gasteiger charge is 2.40. The second kappa shape index (κ2) is 8.86. The second-order valence-corrected chi connectivity index (χ2v) is 8.54. The van der Waals surface area contributed by atoms with Gasteiger partial charge in [-0.15, -0.1) is 0 Å². The Morgan fingerprint density at radius 2 is 2.06 bits per heavy atom. The number of rotatable bonds is 6. The van der Waals surface area contributed by atoms with E-state index in [-0.39, 0.29) is 11.6 Å². The number of nitrogens with one attached hydrogen (secondary N) is 3. The third kappa shape index (κ3) is 4.39. The van der Waals surface area contributed by atoms with Gasteiger partial charge in [0.15, 0.2) is 0 Å². The molecule has 166 valence electrons. The summed E-state index contributed by atoms with van der Waals surface area (Å²) < 4.78 is 6.66. The maximum absolute atomic E-state index is 12.0. The van der Waals surface area contributed by atoms with E-state index in [4.69, 9.17) is 21.7 Å². The first kappa shape index (κ1) is 21.6. The minimum Gasteiger partial charge on any atom is -0.377 e. The topological polar surface area (TPSA) is 98.5 Å². The largest absolute Gasteiger partial charge is 0.377 e. The molecule has 1 aromatic heterocycles. The molecule has 31 heavy (non-hydrogen) atoms. The van der Waals surface area contributed by atoms with E-state index in [1.807, 2.05) is 13.0 Å². The van der Waals surface area contributed by atoms with Gasteiger partial charge in [-0.3, -0.25) is 4.90 Å². The lowest BCUT2D eigenvalue weighted by atomic mass is 9.97. The van der Waals surface area contributed by atoms with Crippen LogP contribution in [0.4, 0.5) is 21.9 Å². The third-order valence-corrected chi connectivity index (χ3v) is 6.18. The Kier molecular flexibility index (Phi) is 6.17. The summed E-state index contributed by atoms with van der Waals surface area (Å²) in [5.74, 6) is 0. The lowest BCUT2D eigenvalue weighted by Gasteiger charge is -2.50. The fraction of sp³-hybridized carbons (Fsp3) is 0.476. The summed E-state index contributed by atoms with van der Waals surface area (Å²) in [6.07, 6.45) is 4.46. The van der Waals surface area contributed by atoms with Crippen LogP contribution >= 0.6 is 11.6 Å². The maximum atomic E-state index is 12.0. The van der Waals surface area contributed by atoms with Gasteiger partial charge in [-0.1, -0.05) is 11.6 Å². The summed E-state index contributed by atoms with van der Waals surface area (Å²) in [4.78, 5) is 16.7. The molecule has 0 bridgehead atoms. The molecule has 0 atom stereocenters. The first-order valence-electron chi connectivity index (χ1n) is 10.4. The highest BCUT2D eigenvalue weighted by atomic mass is 35.5. The molecular weight excluding hydrogens is 418 g/mol. The molecule has 3 N–H and O–H groups in total. The molecule has 0 unspecified atom stereocenters. The van der Waals surface area contributed by atoms with Crippen molar-refractivity contribution >= 4 is 40.9 Å². The van der Waals surface area contributed by atoms with E-state index in [0.29, 0.717) is 22.8 Å². The van der Waals surface area contributed by atoms with E-state index in [0.717, 1.165) is 50.8 Å². The average molecular weight is 446 g/mol. The normalized spacial score (nSPS) is 18.4. The maximum Gasteiger partial charge on any atom is 0.342 e. The number of nitrogens with zero attached hydrogens (tertiary/aromatic N) is 4. The summed E-state index contributed by atoms with van der Waals surface area (Å²) in [5, 5.41) is 18.5. The number of halogens is 1. The zero-order valence-corrected chi connectivity index (χ0v) is 18.6. The molecule has 10 heteroatoms. The molecule has 1 aromatic carbocycles. The summed E-state index contributed by atoms with van der Waals surface area (Å²) in [6.45, 7) is 9.85. The molecule has 4 rings (SSSR count). The lowest BCUT2D eigenvalue weighted by Crippen LogP contribution is -2.64. The monoisotopic (exact) mass is 445 g/mol. The Morgan fingerprint density at radius 3 is 2.68 bits per heavy atom. The number of anilines is 3. The number of piperazine rings is 1. The van der Waals surface area contributed by atoms with Crippen LogP contribution in [-0.4, -0.2) is 78.4 Å². The van der Waals surface area contributed by atoms with Crippen LogP contribution in [0.1, 0.15) is 19.4 Å². The van der Waals surface area contributed by atoms with Gasteiger partial charge in [0, 0.05) is 50.2 Å². The fourth-order valence-corrected chi connectivity index (χ4v) is 4.29. The van der Waals surface area contributed by atoms with Crippen molar-refractivity contribution in [1.29, 1.82) is 5.41 Å². The number of hydrogen-bond donors (Lipinski definition) is 3. The zero-order chi connectivity index (χ0) is 22.0. The van der Waals surface area contributed by atoms with Gasteiger partial charge >= 0.3 is 6.03 Å². The van der Waals surface area contributed by atoms with Crippen molar-refractivity contribution in [1.82, 2.24) is 20.0 Å². The quantitative estimate of drug-likeness (QED) is 0.591. The predicted molar refractivity (Wildman–Crippen MR) is 122 cm³/mol. The lowest BCUT2D eigenvalue weighted by molar-refractivity contribution is -0.131. The minimum atomic E-state index is -0.289. The van der Waals surface area contributed by atoms with Gasteiger partial charge in [-0.05, 0) is 26.0 Å². The molecule has 0 aliphatic carbocycles. The van der Waals surface area contributed by atoms with Crippen LogP contribution < -0.4 is 15.5 Å². The molecule has 1 amide bonds. The standard InChI is InChI=1S/C21H28ClN7O2/c1-3-24-20(30)29-12-16(11-25-29)26-18-9-19(17(22)8-15(18)10-23)27-4-6-28(7-5-27)21(2)13-31-14-21/h8-12,23,26H,3-7,13-14H2,1-2H3,(H,24,30). The van der Waals surface area contributed by atoms with E-state index in [2.05, 4.69) is 32.5 Å². The van der Waals surface area contributed by atoms with Crippen LogP contribution in [0.5, 0.6) is 0 Å². The first-order chi connectivity index (χ1) is 14.9. The van der Waals surface area contributed by atoms with Gasteiger partial charge < -0.3 is 25.7 Å². The number of hydrogen-bond acceptors (Lipinski definition) is 7. The van der Waals surface area contributed by atoms with Crippen molar-refractivity contribution in [2.75, 3.05) is 56.2 Å². The van der Waals surface area contributed by atoms with Crippen molar-refractivity contribution in [2.45, 2.75) is 19.4 Å². The van der Waals surface area contributed by atoms with Gasteiger partial charge in [-0.2, -0.15) is 9.78 Å². The predicted octanol–water partition coefficient (Wildman–Crippen LogP) is 2.77. The van der Waals surface area contributed by atoms with E-state index >= 15 is 0 Å². The molecule has 2 saturated heterocycles. The average Bonchev–Trinajstić information content (AvgIpc) is 3.22. The van der Waals surface area contributed by atoms with Crippen molar-refractivity contribution in [2.24, 2.45) is 0 Å². The summed E-state index contributed by atoms with van der Waals surface area (Å²) >= 11 is 6.59. The summed E-state index contributed by atoms with van der Waals surface area (Å²) in [7, 11) is 0. The van der Waals surface area contributed by atoms with E-state index in [1.54, 1.807) is 18.5 Å². The number of ether oxygens (including phenoxy) is 1. The van der Waals surface area contributed by atoms with Crippen LogP contribution in [0.15, 0.2) is 24.5 Å². The Morgan fingerprint density at radius 1 is 1.32 bits per heavy atom. The van der Waals surface area contributed by atoms with E-state index in [1.165, 1.54) is 10.9 Å². The molecule has 9 nitrogen and oxygen atoms in total. The van der Waals surface area contributed by atoms with Crippen LogP contribution in [-0.2, 0) is 4.74 Å². The van der Waals surface area contributed by atoms with Crippen molar-refractivity contribution in [3.63, 3.8) is 0 Å². The van der Waals surface area contributed by atoms with Crippen molar-refractivity contribution < 1.29 is 9.53 Å². The second-order valence-electron chi connectivity index (χ2n) is 8.13. The van der Waals surface area contributed by atoms with Crippen molar-refractivity contribution in [3.05, 3.63) is 35.1 Å². The Labute approximate surface area is 186 Å². The third-order valence-electron chi connectivity index (χ3n) is 5.88. The molecule has 0 radical (unpaired) electrons. The van der Waals surface area contributed by atoms with Gasteiger partial charge in [0.05, 0.1) is 47.5 Å². The van der Waals surface area contributed by atoms with Gasteiger partial charge in [0.25, 0.3) is 0 Å². The molecule has 2 fully saturated rings. The molecule has 2 aliphatic heterocycles. The Bertz CT molecular complexity index is 965. The number of benzene rings is 1. The number of carbonyl (C=O) groups excluding carboxylic acids is 1. The van der Waals surface area contributed by atoms with Gasteiger partial charge in [-0.25, -0.2) is 4.79 Å². The van der Waals surface area contributed by atoms with Crippen molar-refractivity contribution in [3.8, 4) is 0 Å². The molecule has 3 heterocycles. The zero-order valence-electron chi connectivity index (χ0n) is 17.8. The SMILES string of the molecule is CCNC(=O)n1cc(Nc2cc(N3CCN(C4(C)COC4)CC3)c(Cl)cc2C=N)cn1.